The van der Waals surface area contributed by atoms with Crippen LogP contribution in [0.15, 0.2) is 46.3 Å². The van der Waals surface area contributed by atoms with Gasteiger partial charge in [-0.3, -0.25) is 4.79 Å². The van der Waals surface area contributed by atoms with Crippen LogP contribution in [0.4, 0.5) is 0 Å². The minimum Gasteiger partial charge on any atom is -0.484 e. The molecule has 0 saturated heterocycles. The van der Waals surface area contributed by atoms with Crippen molar-refractivity contribution < 1.29 is 9.53 Å². The average Bonchev–Trinajstić information content (AvgIpc) is 3.07. The second-order valence-electron chi connectivity index (χ2n) is 6.05. The quantitative estimate of drug-likeness (QED) is 0.620. The lowest BCUT2D eigenvalue weighted by atomic mass is 10.1. The van der Waals surface area contributed by atoms with Crippen LogP contribution in [0.3, 0.4) is 0 Å². The maximum absolute atomic E-state index is 12.0. The topological polar surface area (TPSA) is 51.2 Å². The van der Waals surface area contributed by atoms with Crippen LogP contribution >= 0.6 is 27.3 Å². The van der Waals surface area contributed by atoms with Crippen LogP contribution in [0, 0.1) is 0 Å². The monoisotopic (exact) mass is 418 g/mol. The first-order chi connectivity index (χ1) is 12.0. The summed E-state index contributed by atoms with van der Waals surface area (Å²) in [4.78, 5) is 16.5. The number of aromatic nitrogens is 1. The van der Waals surface area contributed by atoms with E-state index in [2.05, 4.69) is 40.1 Å². The van der Waals surface area contributed by atoms with Gasteiger partial charge in [0.2, 0.25) is 0 Å². The number of benzene rings is 2. The minimum atomic E-state index is -0.157. The molecule has 1 heterocycles. The summed E-state index contributed by atoms with van der Waals surface area (Å²) in [6.07, 6.45) is 0. The smallest absolute Gasteiger partial charge is 0.258 e. The maximum atomic E-state index is 12.0. The molecule has 0 saturated carbocycles. The fourth-order valence-corrected chi connectivity index (χ4v) is 3.56. The number of hydrogen-bond donors (Lipinski definition) is 1. The van der Waals surface area contributed by atoms with Crippen LogP contribution < -0.4 is 10.1 Å². The molecule has 0 aliphatic heterocycles. The van der Waals surface area contributed by atoms with Gasteiger partial charge in [-0.1, -0.05) is 41.9 Å². The van der Waals surface area contributed by atoms with E-state index >= 15 is 0 Å². The third-order valence-corrected chi connectivity index (χ3v) is 5.36. The third-order valence-electron chi connectivity index (χ3n) is 3.67. The van der Waals surface area contributed by atoms with Gasteiger partial charge >= 0.3 is 0 Å². The van der Waals surface area contributed by atoms with E-state index in [1.165, 1.54) is 0 Å². The van der Waals surface area contributed by atoms with Gasteiger partial charge in [0.25, 0.3) is 5.91 Å². The fourth-order valence-electron chi connectivity index (χ4n) is 2.34. The molecule has 0 bridgehead atoms. The van der Waals surface area contributed by atoms with Crippen LogP contribution in [0.1, 0.15) is 30.5 Å². The Morgan fingerprint density at radius 1 is 1.24 bits per heavy atom. The van der Waals surface area contributed by atoms with E-state index in [-0.39, 0.29) is 12.5 Å². The minimum absolute atomic E-state index is 0.0107. The number of nitrogens with zero attached hydrogens (tertiary/aromatic N) is 1. The van der Waals surface area contributed by atoms with Crippen molar-refractivity contribution in [2.45, 2.75) is 26.3 Å². The number of carbonyl (C=O) groups excluding carboxylic acids is 1. The zero-order valence-corrected chi connectivity index (χ0v) is 16.5. The molecule has 1 amide bonds. The molecule has 130 valence electrons. The highest BCUT2D eigenvalue weighted by Crippen LogP contribution is 2.24. The number of carbonyl (C=O) groups is 1. The molecule has 3 rings (SSSR count). The first kappa shape index (κ1) is 17.9. The normalized spacial score (nSPS) is 11.0. The van der Waals surface area contributed by atoms with Gasteiger partial charge in [0, 0.05) is 15.8 Å². The van der Waals surface area contributed by atoms with Gasteiger partial charge in [-0.15, -0.1) is 11.3 Å². The number of hydrogen-bond acceptors (Lipinski definition) is 4. The highest BCUT2D eigenvalue weighted by atomic mass is 79.9. The summed E-state index contributed by atoms with van der Waals surface area (Å²) in [5.41, 5.74) is 0.887. The molecule has 2 aromatic carbocycles. The fraction of sp³-hybridized carbons (Fsp3) is 0.263. The SMILES string of the molecule is CC(C)c1nc(CNC(=O)COc2ccc3cc(Br)ccc3c2)cs1. The van der Waals surface area contributed by atoms with Gasteiger partial charge in [0.15, 0.2) is 6.61 Å². The standard InChI is InChI=1S/C19H19BrN2O2S/c1-12(2)19-22-16(11-25-19)9-21-18(23)10-24-17-6-4-13-7-15(20)5-3-14(13)8-17/h3-8,11-12H,9-10H2,1-2H3,(H,21,23). The number of halogens is 1. The first-order valence-corrected chi connectivity index (χ1v) is 9.71. The lowest BCUT2D eigenvalue weighted by molar-refractivity contribution is -0.123. The van der Waals surface area contributed by atoms with Crippen LogP contribution in [0.25, 0.3) is 10.8 Å². The third kappa shape index (κ3) is 4.80. The number of thiazole rings is 1. The Morgan fingerprint density at radius 2 is 2.00 bits per heavy atom. The Hall–Kier alpha value is -1.92. The van der Waals surface area contributed by atoms with Crippen molar-refractivity contribution in [2.24, 2.45) is 0 Å². The van der Waals surface area contributed by atoms with E-state index in [0.717, 1.165) is 25.9 Å². The molecule has 1 aromatic heterocycles. The Morgan fingerprint density at radius 3 is 2.76 bits per heavy atom. The number of fused-ring (bicyclic) bond motifs is 1. The molecule has 0 spiro atoms. The lowest BCUT2D eigenvalue weighted by Crippen LogP contribution is -2.28. The molecule has 6 heteroatoms. The Balaban J connectivity index is 1.52. The van der Waals surface area contributed by atoms with Crippen LogP contribution in [-0.4, -0.2) is 17.5 Å². The molecule has 0 atom stereocenters. The van der Waals surface area contributed by atoms with Crippen molar-refractivity contribution in [3.8, 4) is 5.75 Å². The molecular formula is C19H19BrN2O2S. The van der Waals surface area contributed by atoms with Crippen molar-refractivity contribution >= 4 is 43.9 Å². The Labute approximate surface area is 159 Å². The Bertz CT molecular complexity index is 892. The van der Waals surface area contributed by atoms with Crippen molar-refractivity contribution in [3.05, 3.63) is 57.0 Å². The summed E-state index contributed by atoms with van der Waals surface area (Å²) in [7, 11) is 0. The first-order valence-electron chi connectivity index (χ1n) is 8.04. The lowest BCUT2D eigenvalue weighted by Gasteiger charge is -2.08. The van der Waals surface area contributed by atoms with Crippen LogP contribution in [-0.2, 0) is 11.3 Å². The second-order valence-corrected chi connectivity index (χ2v) is 7.86. The van der Waals surface area contributed by atoms with E-state index in [1.807, 2.05) is 41.8 Å². The molecule has 0 aliphatic carbocycles. The van der Waals surface area contributed by atoms with Crippen molar-refractivity contribution in [2.75, 3.05) is 6.61 Å². The van der Waals surface area contributed by atoms with Crippen molar-refractivity contribution in [1.29, 1.82) is 0 Å². The van der Waals surface area contributed by atoms with Gasteiger partial charge in [0.05, 0.1) is 17.2 Å². The zero-order valence-electron chi connectivity index (χ0n) is 14.1. The summed E-state index contributed by atoms with van der Waals surface area (Å²) < 4.78 is 6.63. The highest BCUT2D eigenvalue weighted by Gasteiger charge is 2.08. The summed E-state index contributed by atoms with van der Waals surface area (Å²) in [6.45, 7) is 4.63. The van der Waals surface area contributed by atoms with Gasteiger partial charge < -0.3 is 10.1 Å². The van der Waals surface area contributed by atoms with Crippen molar-refractivity contribution in [1.82, 2.24) is 10.3 Å². The summed E-state index contributed by atoms with van der Waals surface area (Å²) in [5.74, 6) is 0.932. The Kier molecular flexibility index (Phi) is 5.71. The number of nitrogens with one attached hydrogen (secondary N) is 1. The van der Waals surface area contributed by atoms with E-state index in [1.54, 1.807) is 11.3 Å². The van der Waals surface area contributed by atoms with Gasteiger partial charge in [-0.25, -0.2) is 4.98 Å². The van der Waals surface area contributed by atoms with Gasteiger partial charge in [-0.05, 0) is 35.0 Å². The number of amides is 1. The zero-order chi connectivity index (χ0) is 17.8. The number of rotatable bonds is 6. The van der Waals surface area contributed by atoms with Crippen LogP contribution in [0.5, 0.6) is 5.75 Å². The second kappa shape index (κ2) is 7.97. The van der Waals surface area contributed by atoms with E-state index in [0.29, 0.717) is 18.2 Å². The molecule has 1 N–H and O–H groups in total. The van der Waals surface area contributed by atoms with E-state index in [9.17, 15) is 4.79 Å². The largest absolute Gasteiger partial charge is 0.484 e. The summed E-state index contributed by atoms with van der Waals surface area (Å²) in [6, 6.07) is 11.8. The van der Waals surface area contributed by atoms with Gasteiger partial charge in [0.1, 0.15) is 5.75 Å². The summed E-state index contributed by atoms with van der Waals surface area (Å²) >= 11 is 5.08. The van der Waals surface area contributed by atoms with Crippen LogP contribution in [0.2, 0.25) is 0 Å². The molecule has 0 radical (unpaired) electrons. The maximum Gasteiger partial charge on any atom is 0.258 e. The van der Waals surface area contributed by atoms with Crippen molar-refractivity contribution in [3.63, 3.8) is 0 Å². The van der Waals surface area contributed by atoms with Gasteiger partial charge in [-0.2, -0.15) is 0 Å². The molecule has 0 aliphatic rings. The predicted octanol–water partition coefficient (Wildman–Crippen LogP) is 4.88. The summed E-state index contributed by atoms with van der Waals surface area (Å²) in [5, 5.41) is 8.11. The molecule has 4 nitrogen and oxygen atoms in total. The molecule has 0 unspecified atom stereocenters. The molecule has 3 aromatic rings. The predicted molar refractivity (Wildman–Crippen MR) is 105 cm³/mol. The highest BCUT2D eigenvalue weighted by molar-refractivity contribution is 9.10. The van der Waals surface area contributed by atoms with E-state index in [4.69, 9.17) is 4.74 Å². The molecule has 25 heavy (non-hydrogen) atoms. The number of ether oxygens (including phenoxy) is 1. The average molecular weight is 419 g/mol. The molecular weight excluding hydrogens is 400 g/mol. The van der Waals surface area contributed by atoms with E-state index < -0.39 is 0 Å². The molecule has 0 fully saturated rings.